The molecule has 0 fully saturated rings. The second-order valence-corrected chi connectivity index (χ2v) is 14.6. The molecule has 1 amide bonds. The predicted molar refractivity (Wildman–Crippen MR) is 209 cm³/mol. The van der Waals surface area contributed by atoms with Crippen LogP contribution in [0.5, 0.6) is 5.75 Å². The van der Waals surface area contributed by atoms with Gasteiger partial charge in [-0.3, -0.25) is 9.48 Å². The molecule has 1 aliphatic rings. The van der Waals surface area contributed by atoms with Crippen LogP contribution in [0.4, 0.5) is 11.4 Å². The van der Waals surface area contributed by atoms with Gasteiger partial charge in [0, 0.05) is 64.1 Å². The number of rotatable bonds is 8. The summed E-state index contributed by atoms with van der Waals surface area (Å²) in [5, 5.41) is 7.63. The van der Waals surface area contributed by atoms with E-state index in [1.165, 1.54) is 7.11 Å². The maximum absolute atomic E-state index is 15.1. The van der Waals surface area contributed by atoms with Gasteiger partial charge in [-0.05, 0) is 101 Å². The number of amides is 1. The van der Waals surface area contributed by atoms with Gasteiger partial charge in [0.1, 0.15) is 11.4 Å². The molecule has 4 heterocycles. The number of fused-ring (bicyclic) bond motifs is 4. The Morgan fingerprint density at radius 3 is 2.44 bits per heavy atom. The average molecular weight is 742 g/mol. The first-order valence-electron chi connectivity index (χ1n) is 17.3. The van der Waals surface area contributed by atoms with Crippen molar-refractivity contribution in [3.8, 4) is 16.9 Å². The summed E-state index contributed by atoms with van der Waals surface area (Å²) in [6.07, 6.45) is 2.84. The summed E-state index contributed by atoms with van der Waals surface area (Å²) < 4.78 is 15.3. The first-order valence-corrected chi connectivity index (χ1v) is 18.1. The average Bonchev–Trinajstić information content (AvgIpc) is 3.77. The van der Waals surface area contributed by atoms with Gasteiger partial charge in [0.25, 0.3) is 5.91 Å². The lowest BCUT2D eigenvalue weighted by Crippen LogP contribution is -2.43. The number of nitrogen functional groups attached to an aromatic ring is 1. The van der Waals surface area contributed by atoms with E-state index in [4.69, 9.17) is 43.5 Å². The molecule has 0 radical (unpaired) electrons. The summed E-state index contributed by atoms with van der Waals surface area (Å²) >= 11 is 13.5. The van der Waals surface area contributed by atoms with Gasteiger partial charge >= 0.3 is 5.97 Å². The number of anilines is 2. The number of benzene rings is 3. The van der Waals surface area contributed by atoms with Gasteiger partial charge in [0.15, 0.2) is 0 Å². The second-order valence-electron chi connectivity index (χ2n) is 13.8. The Bertz CT molecular complexity index is 2430. The SMILES string of the molecule is COC(=O)c1c[nH]c2c(N3C[C@@H](C)n4c(c(CCCOc5cc(C)c(Cl)c(C)c5)c5ccc(Cl)c(-c6c(C)nn(C)c6C)c54)C3=O)cc(N)c(C)c12. The fraction of sp³-hybridized carbons (Fsp3) is 0.325. The van der Waals surface area contributed by atoms with Crippen molar-refractivity contribution >= 4 is 68.3 Å². The molecule has 3 aromatic heterocycles. The Morgan fingerprint density at radius 1 is 1.08 bits per heavy atom. The molecule has 1 aliphatic heterocycles. The standard InChI is InChI=1S/C40H42Cl2N6O4/c1-19-14-25(15-20(2)35(19)42)52-13-9-10-26-27-11-12-29(41)34(33-23(5)45-46(7)24(33)6)37(27)48-21(3)18-47(39(49)38(26)48)31-16-30(43)22(4)32-28(40(50)51-8)17-44-36(31)32/h11-12,14-17,21,44H,9-10,13,18,43H2,1-8H3/t21-/m1/s1. The number of halogens is 2. The molecule has 0 spiro atoms. The van der Waals surface area contributed by atoms with Crippen LogP contribution in [0.3, 0.4) is 0 Å². The lowest BCUT2D eigenvalue weighted by Gasteiger charge is -2.35. The number of aryl methyl sites for hydroxylation is 6. The summed E-state index contributed by atoms with van der Waals surface area (Å²) in [6.45, 7) is 12.7. The molecule has 270 valence electrons. The van der Waals surface area contributed by atoms with Crippen molar-refractivity contribution in [1.29, 1.82) is 0 Å². The highest BCUT2D eigenvalue weighted by Crippen LogP contribution is 2.46. The molecule has 1 atom stereocenters. The van der Waals surface area contributed by atoms with E-state index in [-0.39, 0.29) is 11.9 Å². The number of nitrogens with zero attached hydrogens (tertiary/aromatic N) is 4. The first-order chi connectivity index (χ1) is 24.7. The van der Waals surface area contributed by atoms with Gasteiger partial charge < -0.3 is 29.7 Å². The molecule has 6 aromatic rings. The van der Waals surface area contributed by atoms with E-state index in [1.807, 2.05) is 76.7 Å². The fourth-order valence-corrected chi connectivity index (χ4v) is 8.26. The molecule has 3 aromatic carbocycles. The fourth-order valence-electron chi connectivity index (χ4n) is 7.91. The van der Waals surface area contributed by atoms with Gasteiger partial charge in [-0.1, -0.05) is 29.3 Å². The van der Waals surface area contributed by atoms with E-state index in [9.17, 15) is 4.79 Å². The highest BCUT2D eigenvalue weighted by molar-refractivity contribution is 6.35. The van der Waals surface area contributed by atoms with Crippen LogP contribution in [0.25, 0.3) is 32.9 Å². The van der Waals surface area contributed by atoms with Crippen LogP contribution in [0.2, 0.25) is 10.0 Å². The summed E-state index contributed by atoms with van der Waals surface area (Å²) in [5.74, 6) is 0.103. The van der Waals surface area contributed by atoms with Crippen LogP contribution in [0, 0.1) is 34.6 Å². The quantitative estimate of drug-likeness (QED) is 0.0913. The van der Waals surface area contributed by atoms with Crippen molar-refractivity contribution in [3.63, 3.8) is 0 Å². The molecule has 0 saturated carbocycles. The molecule has 7 rings (SSSR count). The zero-order valence-electron chi connectivity index (χ0n) is 30.6. The highest BCUT2D eigenvalue weighted by Gasteiger charge is 2.38. The predicted octanol–water partition coefficient (Wildman–Crippen LogP) is 8.97. The number of methoxy groups -OCH3 is 1. The molecule has 3 N–H and O–H groups in total. The number of esters is 1. The van der Waals surface area contributed by atoms with E-state index >= 15 is 4.79 Å². The molecular formula is C40H42Cl2N6O4. The summed E-state index contributed by atoms with van der Waals surface area (Å²) in [4.78, 5) is 32.9. The summed E-state index contributed by atoms with van der Waals surface area (Å²) in [6, 6.07) is 9.48. The van der Waals surface area contributed by atoms with E-state index < -0.39 is 5.97 Å². The molecule has 52 heavy (non-hydrogen) atoms. The van der Waals surface area contributed by atoms with Crippen molar-refractivity contribution in [2.45, 2.75) is 60.4 Å². The Morgan fingerprint density at radius 2 is 1.79 bits per heavy atom. The Balaban J connectivity index is 1.39. The summed E-state index contributed by atoms with van der Waals surface area (Å²) in [7, 11) is 3.27. The zero-order valence-corrected chi connectivity index (χ0v) is 32.1. The van der Waals surface area contributed by atoms with E-state index in [0.29, 0.717) is 64.6 Å². The van der Waals surface area contributed by atoms with Crippen molar-refractivity contribution < 1.29 is 19.1 Å². The maximum Gasteiger partial charge on any atom is 0.340 e. The molecule has 0 saturated heterocycles. The third-order valence-corrected chi connectivity index (χ3v) is 11.4. The number of H-pyrrole nitrogens is 1. The van der Waals surface area contributed by atoms with Crippen molar-refractivity contribution in [2.24, 2.45) is 7.05 Å². The molecule has 12 heteroatoms. The minimum absolute atomic E-state index is 0.165. The number of nitrogens with two attached hydrogens (primary N) is 1. The second kappa shape index (κ2) is 13.2. The van der Waals surface area contributed by atoms with E-state index in [2.05, 4.69) is 16.5 Å². The number of nitrogens with one attached hydrogen (secondary N) is 1. The molecule has 0 unspecified atom stereocenters. The monoisotopic (exact) mass is 740 g/mol. The van der Waals surface area contributed by atoms with Crippen LogP contribution in [-0.4, -0.2) is 51.5 Å². The number of carbonyl (C=O) groups is 2. The Kier molecular flexibility index (Phi) is 9.03. The van der Waals surface area contributed by atoms with Crippen LogP contribution in [-0.2, 0) is 18.2 Å². The van der Waals surface area contributed by atoms with E-state index in [1.54, 1.807) is 11.1 Å². The van der Waals surface area contributed by atoms with Crippen LogP contribution in [0.15, 0.2) is 36.5 Å². The molecule has 0 bridgehead atoms. The zero-order chi connectivity index (χ0) is 37.3. The lowest BCUT2D eigenvalue weighted by atomic mass is 9.98. The van der Waals surface area contributed by atoms with Crippen LogP contribution in [0.1, 0.15) is 73.9 Å². The Hall–Kier alpha value is -4.93. The van der Waals surface area contributed by atoms with Gasteiger partial charge in [-0.25, -0.2) is 4.79 Å². The van der Waals surface area contributed by atoms with Gasteiger partial charge in [-0.2, -0.15) is 5.10 Å². The smallest absolute Gasteiger partial charge is 0.340 e. The number of carbonyl (C=O) groups excluding carboxylic acids is 2. The topological polar surface area (TPSA) is 120 Å². The first kappa shape index (κ1) is 35.5. The van der Waals surface area contributed by atoms with Crippen molar-refractivity contribution in [3.05, 3.63) is 91.5 Å². The Labute approximate surface area is 312 Å². The van der Waals surface area contributed by atoms with Crippen molar-refractivity contribution in [2.75, 3.05) is 30.9 Å². The number of ether oxygens (including phenoxy) is 2. The minimum Gasteiger partial charge on any atom is -0.494 e. The van der Waals surface area contributed by atoms with Crippen LogP contribution >= 0.6 is 23.2 Å². The minimum atomic E-state index is -0.483. The third-order valence-electron chi connectivity index (χ3n) is 10.5. The van der Waals surface area contributed by atoms with Gasteiger partial charge in [0.05, 0.1) is 46.7 Å². The summed E-state index contributed by atoms with van der Waals surface area (Å²) in [5.41, 5.74) is 17.4. The third kappa shape index (κ3) is 5.51. The normalized spacial score (nSPS) is 14.5. The van der Waals surface area contributed by atoms with Crippen molar-refractivity contribution in [1.82, 2.24) is 19.3 Å². The number of aromatic nitrogens is 4. The maximum atomic E-state index is 15.1. The molecule has 10 nitrogen and oxygen atoms in total. The molecule has 0 aliphatic carbocycles. The molecular weight excluding hydrogens is 699 g/mol. The lowest BCUT2D eigenvalue weighted by molar-refractivity contribution is 0.0603. The van der Waals surface area contributed by atoms with Gasteiger partial charge in [0.2, 0.25) is 0 Å². The number of aromatic amines is 1. The van der Waals surface area contributed by atoms with Gasteiger partial charge in [-0.15, -0.1) is 0 Å². The van der Waals surface area contributed by atoms with Crippen LogP contribution < -0.4 is 15.4 Å². The largest absolute Gasteiger partial charge is 0.494 e. The number of hydrogen-bond donors (Lipinski definition) is 2. The number of hydrogen-bond acceptors (Lipinski definition) is 6. The van der Waals surface area contributed by atoms with E-state index in [0.717, 1.165) is 66.4 Å². The highest BCUT2D eigenvalue weighted by atomic mass is 35.5.